The summed E-state index contributed by atoms with van der Waals surface area (Å²) in [6, 6.07) is 10.3. The van der Waals surface area contributed by atoms with Crippen LogP contribution in [0.15, 0.2) is 46.0 Å². The summed E-state index contributed by atoms with van der Waals surface area (Å²) in [6.45, 7) is 2.60. The highest BCUT2D eigenvalue weighted by Crippen LogP contribution is 2.26. The first kappa shape index (κ1) is 14.4. The summed E-state index contributed by atoms with van der Waals surface area (Å²) in [6.07, 6.45) is 3.16. The van der Waals surface area contributed by atoms with Gasteiger partial charge in [0.25, 0.3) is 0 Å². The van der Waals surface area contributed by atoms with E-state index < -0.39 is 0 Å². The quantitative estimate of drug-likeness (QED) is 0.592. The van der Waals surface area contributed by atoms with E-state index >= 15 is 0 Å². The molecule has 0 aliphatic rings. The molecule has 0 bridgehead atoms. The third kappa shape index (κ3) is 4.90. The molecule has 0 unspecified atom stereocenters. The van der Waals surface area contributed by atoms with Gasteiger partial charge in [-0.2, -0.15) is 11.3 Å². The zero-order chi connectivity index (χ0) is 13.3. The number of thioether (sulfide) groups is 1. The molecule has 0 radical (unpaired) electrons. The first-order valence-corrected chi connectivity index (χ1v) is 8.54. The second kappa shape index (κ2) is 8.25. The average Bonchev–Trinajstić information content (AvgIpc) is 2.96. The lowest BCUT2D eigenvalue weighted by atomic mass is 10.2. The van der Waals surface area contributed by atoms with Gasteiger partial charge in [-0.25, -0.2) is 0 Å². The van der Waals surface area contributed by atoms with E-state index in [1.165, 1.54) is 10.5 Å². The van der Waals surface area contributed by atoms with Gasteiger partial charge in [-0.3, -0.25) is 0 Å². The Labute approximate surface area is 123 Å². The van der Waals surface area contributed by atoms with Crippen molar-refractivity contribution < 1.29 is 4.74 Å². The van der Waals surface area contributed by atoms with E-state index in [4.69, 9.17) is 4.74 Å². The van der Waals surface area contributed by atoms with E-state index in [0.717, 1.165) is 25.3 Å². The van der Waals surface area contributed by atoms with E-state index in [2.05, 4.69) is 34.5 Å². The van der Waals surface area contributed by atoms with Crippen LogP contribution in [-0.2, 0) is 6.42 Å². The van der Waals surface area contributed by atoms with Gasteiger partial charge in [-0.1, -0.05) is 12.1 Å². The summed E-state index contributed by atoms with van der Waals surface area (Å²) in [5, 5.41) is 7.73. The van der Waals surface area contributed by atoms with Crippen LogP contribution >= 0.6 is 23.1 Å². The van der Waals surface area contributed by atoms with Crippen LogP contribution in [0.1, 0.15) is 5.56 Å². The van der Waals surface area contributed by atoms with Gasteiger partial charge in [-0.05, 0) is 53.7 Å². The molecule has 2 aromatic rings. The van der Waals surface area contributed by atoms with Gasteiger partial charge < -0.3 is 10.1 Å². The molecule has 19 heavy (non-hydrogen) atoms. The monoisotopic (exact) mass is 293 g/mol. The van der Waals surface area contributed by atoms with Crippen molar-refractivity contribution >= 4 is 23.1 Å². The SMILES string of the molecule is CSc1ccccc1OCCNCCc1ccsc1. The molecule has 0 aliphatic heterocycles. The normalized spacial score (nSPS) is 10.6. The van der Waals surface area contributed by atoms with Crippen molar-refractivity contribution in [2.45, 2.75) is 11.3 Å². The number of nitrogens with one attached hydrogen (secondary N) is 1. The Morgan fingerprint density at radius 3 is 2.89 bits per heavy atom. The van der Waals surface area contributed by atoms with Gasteiger partial charge in [-0.15, -0.1) is 11.8 Å². The summed E-state index contributed by atoms with van der Waals surface area (Å²) in [7, 11) is 0. The van der Waals surface area contributed by atoms with Crippen molar-refractivity contribution in [1.29, 1.82) is 0 Å². The van der Waals surface area contributed by atoms with Crippen LogP contribution in [0.25, 0.3) is 0 Å². The maximum atomic E-state index is 5.78. The molecule has 102 valence electrons. The van der Waals surface area contributed by atoms with E-state index in [-0.39, 0.29) is 0 Å². The van der Waals surface area contributed by atoms with Gasteiger partial charge in [0.2, 0.25) is 0 Å². The van der Waals surface area contributed by atoms with Crippen LogP contribution < -0.4 is 10.1 Å². The lowest BCUT2D eigenvalue weighted by Crippen LogP contribution is -2.23. The van der Waals surface area contributed by atoms with E-state index in [1.54, 1.807) is 23.1 Å². The first-order chi connectivity index (χ1) is 9.40. The van der Waals surface area contributed by atoms with Crippen LogP contribution in [-0.4, -0.2) is 26.0 Å². The summed E-state index contributed by atoms with van der Waals surface area (Å²) >= 11 is 3.47. The average molecular weight is 293 g/mol. The van der Waals surface area contributed by atoms with E-state index in [1.807, 2.05) is 18.2 Å². The standard InChI is InChI=1S/C15H19NOS2/c1-18-15-5-3-2-4-14(15)17-10-9-16-8-6-13-7-11-19-12-13/h2-5,7,11-12,16H,6,8-10H2,1H3. The Balaban J connectivity index is 1.61. The zero-order valence-corrected chi connectivity index (χ0v) is 12.7. The van der Waals surface area contributed by atoms with Crippen molar-refractivity contribution in [2.24, 2.45) is 0 Å². The Morgan fingerprint density at radius 2 is 2.11 bits per heavy atom. The van der Waals surface area contributed by atoms with Crippen molar-refractivity contribution in [3.8, 4) is 5.75 Å². The van der Waals surface area contributed by atoms with Crippen molar-refractivity contribution in [3.63, 3.8) is 0 Å². The van der Waals surface area contributed by atoms with Gasteiger partial charge in [0.05, 0.1) is 0 Å². The molecular formula is C15H19NOS2. The third-order valence-electron chi connectivity index (χ3n) is 2.78. The Bertz CT molecular complexity index is 471. The maximum absolute atomic E-state index is 5.78. The van der Waals surface area contributed by atoms with Crippen LogP contribution in [0.5, 0.6) is 5.75 Å². The predicted molar refractivity (Wildman–Crippen MR) is 84.6 cm³/mol. The number of ether oxygens (including phenoxy) is 1. The Kier molecular flexibility index (Phi) is 6.27. The molecular weight excluding hydrogens is 274 g/mol. The highest BCUT2D eigenvalue weighted by Gasteiger charge is 2.00. The molecule has 2 rings (SSSR count). The summed E-state index contributed by atoms with van der Waals surface area (Å²) in [4.78, 5) is 1.20. The number of rotatable bonds is 8. The Hall–Kier alpha value is -0.970. The fourth-order valence-electron chi connectivity index (χ4n) is 1.76. The molecule has 1 heterocycles. The first-order valence-electron chi connectivity index (χ1n) is 6.38. The van der Waals surface area contributed by atoms with Gasteiger partial charge in [0.1, 0.15) is 12.4 Å². The molecule has 0 atom stereocenters. The summed E-state index contributed by atoms with van der Waals surface area (Å²) < 4.78 is 5.78. The van der Waals surface area contributed by atoms with E-state index in [0.29, 0.717) is 6.61 Å². The lowest BCUT2D eigenvalue weighted by Gasteiger charge is -2.10. The molecule has 0 saturated carbocycles. The number of hydrogen-bond acceptors (Lipinski definition) is 4. The van der Waals surface area contributed by atoms with Crippen LogP contribution in [0.2, 0.25) is 0 Å². The summed E-state index contributed by atoms with van der Waals surface area (Å²) in [5.74, 6) is 0.981. The van der Waals surface area contributed by atoms with Gasteiger partial charge >= 0.3 is 0 Å². The molecule has 2 nitrogen and oxygen atoms in total. The summed E-state index contributed by atoms with van der Waals surface area (Å²) in [5.41, 5.74) is 1.41. The molecule has 4 heteroatoms. The van der Waals surface area contributed by atoms with Crippen LogP contribution in [0.3, 0.4) is 0 Å². The number of thiophene rings is 1. The molecule has 0 saturated heterocycles. The molecule has 1 N–H and O–H groups in total. The second-order valence-electron chi connectivity index (χ2n) is 4.13. The van der Waals surface area contributed by atoms with Gasteiger partial charge in [0, 0.05) is 11.4 Å². The fraction of sp³-hybridized carbons (Fsp3) is 0.333. The minimum absolute atomic E-state index is 0.710. The van der Waals surface area contributed by atoms with E-state index in [9.17, 15) is 0 Å². The van der Waals surface area contributed by atoms with Crippen molar-refractivity contribution in [3.05, 3.63) is 46.7 Å². The highest BCUT2D eigenvalue weighted by molar-refractivity contribution is 7.98. The number of hydrogen-bond donors (Lipinski definition) is 1. The predicted octanol–water partition coefficient (Wildman–Crippen LogP) is 3.68. The van der Waals surface area contributed by atoms with Crippen molar-refractivity contribution in [2.75, 3.05) is 26.0 Å². The number of benzene rings is 1. The van der Waals surface area contributed by atoms with Crippen LogP contribution in [0, 0.1) is 0 Å². The van der Waals surface area contributed by atoms with Gasteiger partial charge in [0.15, 0.2) is 0 Å². The molecule has 1 aromatic carbocycles. The smallest absolute Gasteiger partial charge is 0.132 e. The van der Waals surface area contributed by atoms with Crippen molar-refractivity contribution in [1.82, 2.24) is 5.32 Å². The maximum Gasteiger partial charge on any atom is 0.132 e. The second-order valence-corrected chi connectivity index (χ2v) is 5.76. The number of para-hydroxylation sites is 1. The zero-order valence-electron chi connectivity index (χ0n) is 11.1. The molecule has 0 amide bonds. The molecule has 1 aromatic heterocycles. The van der Waals surface area contributed by atoms with Crippen LogP contribution in [0.4, 0.5) is 0 Å². The third-order valence-corrected chi connectivity index (χ3v) is 4.29. The Morgan fingerprint density at radius 1 is 1.21 bits per heavy atom. The minimum atomic E-state index is 0.710. The molecule has 0 aliphatic carbocycles. The largest absolute Gasteiger partial charge is 0.491 e. The lowest BCUT2D eigenvalue weighted by molar-refractivity contribution is 0.307. The topological polar surface area (TPSA) is 21.3 Å². The highest BCUT2D eigenvalue weighted by atomic mass is 32.2. The molecule has 0 fully saturated rings. The fourth-order valence-corrected chi connectivity index (χ4v) is 3.01. The molecule has 0 spiro atoms. The minimum Gasteiger partial charge on any atom is -0.491 e.